The Hall–Kier alpha value is -2.14. The fourth-order valence-electron chi connectivity index (χ4n) is 3.37. The summed E-state index contributed by atoms with van der Waals surface area (Å²) in [6, 6.07) is 12.9. The fourth-order valence-corrected chi connectivity index (χ4v) is 3.65. The first kappa shape index (κ1) is 18.6. The lowest BCUT2D eigenvalue weighted by molar-refractivity contribution is 0.447. The molecule has 0 spiro atoms. The van der Waals surface area contributed by atoms with Crippen molar-refractivity contribution in [2.24, 2.45) is 5.92 Å². The highest BCUT2D eigenvalue weighted by Crippen LogP contribution is 2.24. The van der Waals surface area contributed by atoms with E-state index in [1.807, 2.05) is 25.3 Å². The van der Waals surface area contributed by atoms with Crippen LogP contribution in [0, 0.1) is 12.8 Å². The summed E-state index contributed by atoms with van der Waals surface area (Å²) in [4.78, 5) is 6.81. The molecular formula is C21H28N4S. The SMILES string of the molecule is Cc1ccc(NC(=S)N[C@H](C)c2ccc(N3CCC[C@@H](C)C3)cc2)nc1. The van der Waals surface area contributed by atoms with Crippen LogP contribution < -0.4 is 15.5 Å². The molecule has 1 fully saturated rings. The monoisotopic (exact) mass is 368 g/mol. The van der Waals surface area contributed by atoms with Crippen molar-refractivity contribution in [3.63, 3.8) is 0 Å². The molecule has 26 heavy (non-hydrogen) atoms. The summed E-state index contributed by atoms with van der Waals surface area (Å²) in [5, 5.41) is 7.06. The van der Waals surface area contributed by atoms with Gasteiger partial charge in [0, 0.05) is 25.0 Å². The predicted octanol–water partition coefficient (Wildman–Crippen LogP) is 4.67. The smallest absolute Gasteiger partial charge is 0.172 e. The molecule has 0 radical (unpaired) electrons. The summed E-state index contributed by atoms with van der Waals surface area (Å²) < 4.78 is 0. The van der Waals surface area contributed by atoms with E-state index in [0.29, 0.717) is 5.11 Å². The van der Waals surface area contributed by atoms with Gasteiger partial charge in [-0.25, -0.2) is 4.98 Å². The number of aromatic nitrogens is 1. The van der Waals surface area contributed by atoms with E-state index in [0.717, 1.165) is 30.4 Å². The van der Waals surface area contributed by atoms with Gasteiger partial charge in [-0.1, -0.05) is 25.1 Å². The Labute approximate surface area is 162 Å². The van der Waals surface area contributed by atoms with E-state index >= 15 is 0 Å². The van der Waals surface area contributed by atoms with Gasteiger partial charge in [0.25, 0.3) is 0 Å². The zero-order valence-electron chi connectivity index (χ0n) is 15.8. The Morgan fingerprint density at radius 1 is 1.23 bits per heavy atom. The van der Waals surface area contributed by atoms with E-state index in [1.165, 1.54) is 24.1 Å². The van der Waals surface area contributed by atoms with E-state index in [1.54, 1.807) is 0 Å². The quantitative estimate of drug-likeness (QED) is 0.767. The van der Waals surface area contributed by atoms with Gasteiger partial charge in [0.2, 0.25) is 0 Å². The maximum Gasteiger partial charge on any atom is 0.172 e. The van der Waals surface area contributed by atoms with Gasteiger partial charge in [0.05, 0.1) is 6.04 Å². The molecule has 1 aromatic carbocycles. The molecule has 5 heteroatoms. The zero-order chi connectivity index (χ0) is 18.5. The van der Waals surface area contributed by atoms with E-state index in [2.05, 4.69) is 58.6 Å². The molecule has 0 saturated carbocycles. The number of benzene rings is 1. The minimum atomic E-state index is 0.134. The molecule has 2 atom stereocenters. The van der Waals surface area contributed by atoms with Gasteiger partial charge in [0.15, 0.2) is 5.11 Å². The zero-order valence-corrected chi connectivity index (χ0v) is 16.6. The van der Waals surface area contributed by atoms with Crippen molar-refractivity contribution in [2.45, 2.75) is 39.7 Å². The lowest BCUT2D eigenvalue weighted by Gasteiger charge is -2.33. The second kappa shape index (κ2) is 8.49. The van der Waals surface area contributed by atoms with Gasteiger partial charge in [-0.05, 0) is 74.2 Å². The van der Waals surface area contributed by atoms with Crippen LogP contribution in [-0.4, -0.2) is 23.2 Å². The molecule has 1 aliphatic heterocycles. The molecule has 138 valence electrons. The van der Waals surface area contributed by atoms with Crippen LogP contribution in [-0.2, 0) is 0 Å². The molecule has 0 unspecified atom stereocenters. The number of rotatable bonds is 4. The van der Waals surface area contributed by atoms with Gasteiger partial charge in [-0.15, -0.1) is 0 Å². The normalized spacial score (nSPS) is 18.3. The number of thiocarbonyl (C=S) groups is 1. The van der Waals surface area contributed by atoms with Gasteiger partial charge in [-0.3, -0.25) is 0 Å². The molecule has 0 aliphatic carbocycles. The molecule has 1 saturated heterocycles. The van der Waals surface area contributed by atoms with Crippen molar-refractivity contribution in [1.82, 2.24) is 10.3 Å². The third-order valence-corrected chi connectivity index (χ3v) is 5.14. The summed E-state index contributed by atoms with van der Waals surface area (Å²) >= 11 is 5.42. The average Bonchev–Trinajstić information content (AvgIpc) is 2.64. The number of nitrogens with zero attached hydrogens (tertiary/aromatic N) is 2. The largest absolute Gasteiger partial charge is 0.371 e. The lowest BCUT2D eigenvalue weighted by atomic mass is 9.99. The first-order valence-electron chi connectivity index (χ1n) is 9.36. The Morgan fingerprint density at radius 2 is 2.00 bits per heavy atom. The highest BCUT2D eigenvalue weighted by Gasteiger charge is 2.17. The second-order valence-electron chi connectivity index (χ2n) is 7.33. The summed E-state index contributed by atoms with van der Waals surface area (Å²) in [5.74, 6) is 1.54. The molecule has 2 heterocycles. The lowest BCUT2D eigenvalue weighted by Crippen LogP contribution is -2.34. The van der Waals surface area contributed by atoms with Crippen LogP contribution in [0.4, 0.5) is 11.5 Å². The van der Waals surface area contributed by atoms with Crippen molar-refractivity contribution in [2.75, 3.05) is 23.3 Å². The summed E-state index contributed by atoms with van der Waals surface area (Å²) in [6.07, 6.45) is 4.46. The molecule has 2 aromatic rings. The van der Waals surface area contributed by atoms with Crippen molar-refractivity contribution in [1.29, 1.82) is 0 Å². The van der Waals surface area contributed by atoms with Crippen LogP contribution in [0.15, 0.2) is 42.6 Å². The van der Waals surface area contributed by atoms with E-state index in [-0.39, 0.29) is 6.04 Å². The molecule has 3 rings (SSSR count). The van der Waals surface area contributed by atoms with E-state index in [4.69, 9.17) is 12.2 Å². The highest BCUT2D eigenvalue weighted by atomic mass is 32.1. The van der Waals surface area contributed by atoms with Crippen LogP contribution in [0.25, 0.3) is 0 Å². The van der Waals surface area contributed by atoms with Gasteiger partial charge >= 0.3 is 0 Å². The number of aryl methyl sites for hydroxylation is 1. The third-order valence-electron chi connectivity index (χ3n) is 4.92. The topological polar surface area (TPSA) is 40.2 Å². The summed E-state index contributed by atoms with van der Waals surface area (Å²) in [5.41, 5.74) is 3.67. The number of hydrogen-bond donors (Lipinski definition) is 2. The van der Waals surface area contributed by atoms with Gasteiger partial charge < -0.3 is 15.5 Å². The average molecular weight is 369 g/mol. The van der Waals surface area contributed by atoms with Crippen LogP contribution in [0.2, 0.25) is 0 Å². The van der Waals surface area contributed by atoms with Crippen molar-refractivity contribution in [3.05, 3.63) is 53.7 Å². The summed E-state index contributed by atoms with van der Waals surface area (Å²) in [6.45, 7) is 8.79. The van der Waals surface area contributed by atoms with E-state index in [9.17, 15) is 0 Å². The maximum absolute atomic E-state index is 5.42. The standard InChI is InChI=1S/C21H28N4S/c1-15-6-11-20(22-13-15)24-21(26)23-17(3)18-7-9-19(10-8-18)25-12-4-5-16(2)14-25/h6-11,13,16-17H,4-5,12,14H2,1-3H3,(H2,22,23,24,26)/t16-,17-/m1/s1. The molecule has 0 bridgehead atoms. The van der Waals surface area contributed by atoms with Gasteiger partial charge in [0.1, 0.15) is 5.82 Å². The second-order valence-corrected chi connectivity index (χ2v) is 7.73. The molecular weight excluding hydrogens is 340 g/mol. The Kier molecular flexibility index (Phi) is 6.09. The fraction of sp³-hybridized carbons (Fsp3) is 0.429. The molecule has 4 nitrogen and oxygen atoms in total. The van der Waals surface area contributed by atoms with Crippen LogP contribution in [0.5, 0.6) is 0 Å². The van der Waals surface area contributed by atoms with Crippen LogP contribution >= 0.6 is 12.2 Å². The number of pyridine rings is 1. The number of anilines is 2. The minimum absolute atomic E-state index is 0.134. The van der Waals surface area contributed by atoms with Crippen LogP contribution in [0.3, 0.4) is 0 Å². The maximum atomic E-state index is 5.42. The van der Waals surface area contributed by atoms with Crippen molar-refractivity contribution >= 4 is 28.8 Å². The molecule has 1 aromatic heterocycles. The van der Waals surface area contributed by atoms with Crippen LogP contribution in [0.1, 0.15) is 43.9 Å². The first-order chi connectivity index (χ1) is 12.5. The molecule has 2 N–H and O–H groups in total. The molecule has 1 aliphatic rings. The van der Waals surface area contributed by atoms with E-state index < -0.39 is 0 Å². The van der Waals surface area contributed by atoms with Crippen molar-refractivity contribution in [3.8, 4) is 0 Å². The predicted molar refractivity (Wildman–Crippen MR) is 114 cm³/mol. The molecule has 0 amide bonds. The summed E-state index contributed by atoms with van der Waals surface area (Å²) in [7, 11) is 0. The Bertz CT molecular complexity index is 727. The first-order valence-corrected chi connectivity index (χ1v) is 9.77. The number of piperidine rings is 1. The highest BCUT2D eigenvalue weighted by molar-refractivity contribution is 7.80. The number of hydrogen-bond acceptors (Lipinski definition) is 3. The minimum Gasteiger partial charge on any atom is -0.371 e. The number of nitrogens with one attached hydrogen (secondary N) is 2. The third kappa shape index (κ3) is 4.94. The van der Waals surface area contributed by atoms with Gasteiger partial charge in [-0.2, -0.15) is 0 Å². The Morgan fingerprint density at radius 3 is 2.65 bits per heavy atom. The Balaban J connectivity index is 1.56. The van der Waals surface area contributed by atoms with Crippen molar-refractivity contribution < 1.29 is 0 Å².